The molecule has 62 valence electrons. The minimum absolute atomic E-state index is 0.322. The number of hydrogen-bond acceptors (Lipinski definition) is 1. The van der Waals surface area contributed by atoms with Gasteiger partial charge < -0.3 is 5.73 Å². The van der Waals surface area contributed by atoms with Crippen molar-refractivity contribution >= 4 is 0 Å². The lowest BCUT2D eigenvalue weighted by atomic mass is 9.76. The Balaban J connectivity index is 2.00. The minimum Gasteiger partial charge on any atom is -0.325 e. The van der Waals surface area contributed by atoms with E-state index in [2.05, 4.69) is 0 Å². The lowest BCUT2D eigenvalue weighted by Gasteiger charge is -2.35. The second-order valence-corrected chi connectivity index (χ2v) is 4.88. The van der Waals surface area contributed by atoms with E-state index in [0.717, 1.165) is 17.8 Å². The number of rotatable bonds is 0. The second kappa shape index (κ2) is 1.82. The summed E-state index contributed by atoms with van der Waals surface area (Å²) in [4.78, 5) is 0. The van der Waals surface area contributed by atoms with Gasteiger partial charge in [-0.2, -0.15) is 0 Å². The van der Waals surface area contributed by atoms with Gasteiger partial charge in [0.1, 0.15) is 0 Å². The van der Waals surface area contributed by atoms with E-state index < -0.39 is 0 Å². The highest BCUT2D eigenvalue weighted by atomic mass is 14.9. The van der Waals surface area contributed by atoms with Crippen molar-refractivity contribution in [3.63, 3.8) is 0 Å². The summed E-state index contributed by atoms with van der Waals surface area (Å²) >= 11 is 0. The van der Waals surface area contributed by atoms with Crippen LogP contribution in [-0.2, 0) is 0 Å². The van der Waals surface area contributed by atoms with Crippen molar-refractivity contribution in [2.24, 2.45) is 23.5 Å². The zero-order valence-corrected chi connectivity index (χ0v) is 7.05. The van der Waals surface area contributed by atoms with Gasteiger partial charge in [-0.25, -0.2) is 0 Å². The molecule has 0 radical (unpaired) electrons. The quantitative estimate of drug-likeness (QED) is 0.562. The molecule has 3 rings (SSSR count). The Labute approximate surface area is 68.3 Å². The largest absolute Gasteiger partial charge is 0.325 e. The molecule has 0 heterocycles. The topological polar surface area (TPSA) is 26.0 Å². The fraction of sp³-hybridized carbons (Fsp3) is 1.00. The molecule has 1 heteroatoms. The van der Waals surface area contributed by atoms with Crippen LogP contribution in [0.15, 0.2) is 0 Å². The summed E-state index contributed by atoms with van der Waals surface area (Å²) in [6, 6.07) is 0. The van der Waals surface area contributed by atoms with E-state index in [-0.39, 0.29) is 0 Å². The van der Waals surface area contributed by atoms with E-state index in [1.807, 2.05) is 0 Å². The molecule has 3 unspecified atom stereocenters. The highest BCUT2D eigenvalue weighted by Crippen LogP contribution is 2.59. The first-order valence-electron chi connectivity index (χ1n) is 5.09. The van der Waals surface area contributed by atoms with Crippen LogP contribution in [0.1, 0.15) is 38.5 Å². The molecule has 3 saturated carbocycles. The first-order valence-corrected chi connectivity index (χ1v) is 5.09. The summed E-state index contributed by atoms with van der Waals surface area (Å²) in [6.07, 6.45) is 8.60. The first kappa shape index (κ1) is 6.47. The number of hydrogen-bond donors (Lipinski definition) is 1. The maximum absolute atomic E-state index is 6.45. The smallest absolute Gasteiger partial charge is 0.0214 e. The molecule has 0 aliphatic heterocycles. The Morgan fingerprint density at radius 1 is 1.18 bits per heavy atom. The molecule has 0 spiro atoms. The molecule has 0 aromatic carbocycles. The average molecular weight is 151 g/mol. The van der Waals surface area contributed by atoms with Crippen LogP contribution in [0.2, 0.25) is 0 Å². The van der Waals surface area contributed by atoms with Crippen molar-refractivity contribution in [2.75, 3.05) is 0 Å². The summed E-state index contributed by atoms with van der Waals surface area (Å²) in [6.45, 7) is 0. The summed E-state index contributed by atoms with van der Waals surface area (Å²) in [5.41, 5.74) is 6.77. The standard InChI is InChI=1S/C10H17N/c11-10-5-1-2-9(10)7-3-4-8(10)6-7/h7-9H,1-6,11H2/t7?,8?,9?,10-/m0/s1. The van der Waals surface area contributed by atoms with Crippen LogP contribution in [0.25, 0.3) is 0 Å². The van der Waals surface area contributed by atoms with Crippen molar-refractivity contribution < 1.29 is 0 Å². The van der Waals surface area contributed by atoms with Gasteiger partial charge in [-0.1, -0.05) is 6.42 Å². The van der Waals surface area contributed by atoms with Gasteiger partial charge >= 0.3 is 0 Å². The van der Waals surface area contributed by atoms with Gasteiger partial charge in [-0.15, -0.1) is 0 Å². The lowest BCUT2D eigenvalue weighted by molar-refractivity contribution is 0.210. The van der Waals surface area contributed by atoms with Crippen molar-refractivity contribution in [3.05, 3.63) is 0 Å². The third-order valence-corrected chi connectivity index (χ3v) is 4.62. The van der Waals surface area contributed by atoms with E-state index in [1.54, 1.807) is 0 Å². The van der Waals surface area contributed by atoms with E-state index in [4.69, 9.17) is 5.73 Å². The molecule has 0 saturated heterocycles. The Morgan fingerprint density at radius 2 is 2.09 bits per heavy atom. The molecule has 3 fully saturated rings. The van der Waals surface area contributed by atoms with Crippen LogP contribution in [0, 0.1) is 17.8 Å². The normalized spacial score (nSPS) is 60.3. The molecular formula is C10H17N. The molecule has 1 nitrogen and oxygen atoms in total. The predicted molar refractivity (Wildman–Crippen MR) is 45.1 cm³/mol. The zero-order chi connectivity index (χ0) is 7.47. The molecule has 0 aromatic rings. The van der Waals surface area contributed by atoms with Crippen molar-refractivity contribution in [1.29, 1.82) is 0 Å². The molecule has 2 N–H and O–H groups in total. The fourth-order valence-electron chi connectivity index (χ4n) is 4.13. The molecule has 3 aliphatic carbocycles. The molecule has 2 bridgehead atoms. The monoisotopic (exact) mass is 151 g/mol. The summed E-state index contributed by atoms with van der Waals surface area (Å²) < 4.78 is 0. The van der Waals surface area contributed by atoms with Gasteiger partial charge in [0.25, 0.3) is 0 Å². The Hall–Kier alpha value is -0.0400. The molecular weight excluding hydrogens is 134 g/mol. The van der Waals surface area contributed by atoms with Gasteiger partial charge in [0, 0.05) is 5.54 Å². The van der Waals surface area contributed by atoms with E-state index in [1.165, 1.54) is 38.5 Å². The summed E-state index contributed by atoms with van der Waals surface area (Å²) in [5, 5.41) is 0. The van der Waals surface area contributed by atoms with Crippen LogP contribution in [0.5, 0.6) is 0 Å². The van der Waals surface area contributed by atoms with Gasteiger partial charge in [-0.3, -0.25) is 0 Å². The van der Waals surface area contributed by atoms with Crippen molar-refractivity contribution in [1.82, 2.24) is 0 Å². The summed E-state index contributed by atoms with van der Waals surface area (Å²) in [5.74, 6) is 2.88. The fourth-order valence-corrected chi connectivity index (χ4v) is 4.13. The van der Waals surface area contributed by atoms with Crippen molar-refractivity contribution in [3.8, 4) is 0 Å². The first-order chi connectivity index (χ1) is 5.31. The molecule has 0 amide bonds. The van der Waals surface area contributed by atoms with E-state index in [9.17, 15) is 0 Å². The average Bonchev–Trinajstić information content (AvgIpc) is 2.54. The summed E-state index contributed by atoms with van der Waals surface area (Å²) in [7, 11) is 0. The third-order valence-electron chi connectivity index (χ3n) is 4.62. The molecule has 3 aliphatic rings. The third kappa shape index (κ3) is 0.618. The Kier molecular flexibility index (Phi) is 1.07. The lowest BCUT2D eigenvalue weighted by Crippen LogP contribution is -2.47. The van der Waals surface area contributed by atoms with Gasteiger partial charge in [0.2, 0.25) is 0 Å². The van der Waals surface area contributed by atoms with Crippen LogP contribution >= 0.6 is 0 Å². The second-order valence-electron chi connectivity index (χ2n) is 4.88. The molecule has 11 heavy (non-hydrogen) atoms. The Bertz CT molecular complexity index is 189. The minimum atomic E-state index is 0.322. The SMILES string of the molecule is N[C@]12CCCC1C1CCC2C1. The van der Waals surface area contributed by atoms with Gasteiger partial charge in [-0.05, 0) is 49.9 Å². The van der Waals surface area contributed by atoms with Crippen LogP contribution in [-0.4, -0.2) is 5.54 Å². The van der Waals surface area contributed by atoms with Gasteiger partial charge in [0.15, 0.2) is 0 Å². The highest BCUT2D eigenvalue weighted by Gasteiger charge is 2.57. The molecule has 4 atom stereocenters. The predicted octanol–water partition coefficient (Wildman–Crippen LogP) is 1.91. The van der Waals surface area contributed by atoms with Crippen LogP contribution in [0.3, 0.4) is 0 Å². The number of nitrogens with two attached hydrogens (primary N) is 1. The highest BCUT2D eigenvalue weighted by molar-refractivity contribution is 5.12. The van der Waals surface area contributed by atoms with Crippen LogP contribution < -0.4 is 5.73 Å². The van der Waals surface area contributed by atoms with Crippen LogP contribution in [0.4, 0.5) is 0 Å². The molecule has 0 aromatic heterocycles. The number of fused-ring (bicyclic) bond motifs is 5. The maximum atomic E-state index is 6.45. The van der Waals surface area contributed by atoms with E-state index in [0.29, 0.717) is 5.54 Å². The van der Waals surface area contributed by atoms with E-state index >= 15 is 0 Å². The maximum Gasteiger partial charge on any atom is 0.0214 e. The van der Waals surface area contributed by atoms with Crippen molar-refractivity contribution in [2.45, 2.75) is 44.1 Å². The Morgan fingerprint density at radius 3 is 2.91 bits per heavy atom. The zero-order valence-electron chi connectivity index (χ0n) is 7.05. The van der Waals surface area contributed by atoms with Gasteiger partial charge in [0.05, 0.1) is 0 Å².